The number of nitrogens with zero attached hydrogens (tertiary/aromatic N) is 1. The number of quaternary nitrogens is 1. The van der Waals surface area contributed by atoms with Crippen molar-refractivity contribution >= 4 is 0 Å². The lowest BCUT2D eigenvalue weighted by atomic mass is 10.2. The molecule has 0 bridgehead atoms. The van der Waals surface area contributed by atoms with Crippen molar-refractivity contribution in [1.82, 2.24) is 0 Å². The normalized spacial score (nSPS) is 12.0. The van der Waals surface area contributed by atoms with Crippen LogP contribution in [0.15, 0.2) is 0 Å². The average molecular weight is 274 g/mol. The fourth-order valence-corrected chi connectivity index (χ4v) is 2.41. The lowest BCUT2D eigenvalue weighted by molar-refractivity contribution is -0.946. The van der Waals surface area contributed by atoms with Gasteiger partial charge in [-0.25, -0.2) is 0 Å². The van der Waals surface area contributed by atoms with Crippen LogP contribution in [0.3, 0.4) is 0 Å². The average Bonchev–Trinajstić information content (AvgIpc) is 2.44. The molecule has 3 heteroatoms. The Hall–Kier alpha value is -0.120. The second kappa shape index (κ2) is 12.9. The molecule has 0 saturated carbocycles. The Morgan fingerprint density at radius 3 is 1.58 bits per heavy atom. The lowest BCUT2D eigenvalue weighted by Gasteiger charge is -2.38. The Kier molecular flexibility index (Phi) is 12.8. The third-order valence-corrected chi connectivity index (χ3v) is 3.75. The van der Waals surface area contributed by atoms with Crippen LogP contribution in [-0.2, 0) is 9.47 Å². The maximum atomic E-state index is 5.88. The molecule has 0 aliphatic heterocycles. The lowest BCUT2D eigenvalue weighted by Crippen LogP contribution is -2.51. The fraction of sp³-hybridized carbons (Fsp3) is 1.00. The number of ether oxygens (including phenoxy) is 2. The molecule has 0 aliphatic carbocycles. The summed E-state index contributed by atoms with van der Waals surface area (Å²) >= 11 is 0. The maximum absolute atomic E-state index is 5.88. The molecule has 0 aromatic carbocycles. The van der Waals surface area contributed by atoms with E-state index in [9.17, 15) is 0 Å². The Balaban J connectivity index is 4.38. The van der Waals surface area contributed by atoms with Crippen molar-refractivity contribution in [2.75, 3.05) is 46.7 Å². The van der Waals surface area contributed by atoms with Crippen LogP contribution in [0, 0.1) is 0 Å². The number of unbranched alkanes of at least 4 members (excludes halogenated alkanes) is 3. The second-order valence-electron chi connectivity index (χ2n) is 5.60. The highest BCUT2D eigenvalue weighted by Crippen LogP contribution is 2.15. The van der Waals surface area contributed by atoms with Gasteiger partial charge in [-0.2, -0.15) is 0 Å². The summed E-state index contributed by atoms with van der Waals surface area (Å²) in [5.74, 6) is 0. The zero-order valence-corrected chi connectivity index (χ0v) is 13.7. The molecule has 0 aliphatic rings. The van der Waals surface area contributed by atoms with Crippen molar-refractivity contribution in [1.29, 1.82) is 0 Å². The van der Waals surface area contributed by atoms with Gasteiger partial charge in [0.2, 0.25) is 0 Å². The SMILES string of the molecule is CCCC[N+](CCCC)(CCCC)COCCOC. The van der Waals surface area contributed by atoms with Gasteiger partial charge in [0.15, 0.2) is 6.73 Å². The first kappa shape index (κ1) is 18.9. The van der Waals surface area contributed by atoms with Crippen LogP contribution >= 0.6 is 0 Å². The van der Waals surface area contributed by atoms with Crippen molar-refractivity contribution < 1.29 is 14.0 Å². The van der Waals surface area contributed by atoms with E-state index < -0.39 is 0 Å². The molecule has 0 rings (SSSR count). The second-order valence-corrected chi connectivity index (χ2v) is 5.60. The molecule has 0 aromatic rings. The number of hydrogen-bond acceptors (Lipinski definition) is 2. The van der Waals surface area contributed by atoms with Gasteiger partial charge in [-0.1, -0.05) is 40.0 Å². The van der Waals surface area contributed by atoms with E-state index >= 15 is 0 Å². The van der Waals surface area contributed by atoms with E-state index in [0.29, 0.717) is 6.61 Å². The molecule has 0 radical (unpaired) electrons. The summed E-state index contributed by atoms with van der Waals surface area (Å²) < 4.78 is 12.1. The van der Waals surface area contributed by atoms with E-state index in [-0.39, 0.29) is 0 Å². The minimum absolute atomic E-state index is 0.704. The Morgan fingerprint density at radius 2 is 1.21 bits per heavy atom. The molecule has 0 N–H and O–H groups in total. The molecule has 0 heterocycles. The van der Waals surface area contributed by atoms with Crippen LogP contribution in [0.1, 0.15) is 59.3 Å². The van der Waals surface area contributed by atoms with Gasteiger partial charge >= 0.3 is 0 Å². The van der Waals surface area contributed by atoms with E-state index in [0.717, 1.165) is 17.8 Å². The predicted octanol–water partition coefficient (Wildman–Crippen LogP) is 3.82. The van der Waals surface area contributed by atoms with Crippen molar-refractivity contribution in [3.8, 4) is 0 Å². The number of hydrogen-bond donors (Lipinski definition) is 0. The molecule has 0 unspecified atom stereocenters. The van der Waals surface area contributed by atoms with Crippen LogP contribution in [0.4, 0.5) is 0 Å². The molecule has 116 valence electrons. The van der Waals surface area contributed by atoms with Gasteiger partial charge in [0.05, 0.1) is 32.8 Å². The van der Waals surface area contributed by atoms with E-state index in [1.807, 2.05) is 0 Å². The first-order chi connectivity index (χ1) is 9.24. The molecule has 0 amide bonds. The summed E-state index contributed by atoms with van der Waals surface area (Å²) in [4.78, 5) is 0. The standard InChI is InChI=1S/C16H36NO2/c1-5-8-11-17(12-9-6-2,13-10-7-3)16-19-15-14-18-4/h5-16H2,1-4H3/q+1. The third-order valence-electron chi connectivity index (χ3n) is 3.75. The highest BCUT2D eigenvalue weighted by atomic mass is 16.5. The van der Waals surface area contributed by atoms with Crippen molar-refractivity contribution in [3.63, 3.8) is 0 Å². The van der Waals surface area contributed by atoms with Crippen molar-refractivity contribution in [2.45, 2.75) is 59.3 Å². The van der Waals surface area contributed by atoms with Gasteiger partial charge in [0.1, 0.15) is 0 Å². The summed E-state index contributed by atoms with van der Waals surface area (Å²) in [5, 5.41) is 0. The van der Waals surface area contributed by atoms with E-state index in [2.05, 4.69) is 20.8 Å². The molecular formula is C16H36NO2+. The summed E-state index contributed by atoms with van der Waals surface area (Å²) in [6.07, 6.45) is 7.74. The topological polar surface area (TPSA) is 18.5 Å². The molecule has 19 heavy (non-hydrogen) atoms. The Morgan fingerprint density at radius 1 is 0.737 bits per heavy atom. The molecule has 0 aromatic heterocycles. The highest BCUT2D eigenvalue weighted by Gasteiger charge is 2.25. The third kappa shape index (κ3) is 9.42. The Labute approximate surface area is 120 Å². The minimum atomic E-state index is 0.704. The van der Waals surface area contributed by atoms with E-state index in [1.54, 1.807) is 7.11 Å². The fourth-order valence-electron chi connectivity index (χ4n) is 2.41. The monoisotopic (exact) mass is 274 g/mol. The minimum Gasteiger partial charge on any atom is -0.382 e. The molecule has 0 atom stereocenters. The Bertz CT molecular complexity index is 164. The first-order valence-corrected chi connectivity index (χ1v) is 8.16. The van der Waals surface area contributed by atoms with Gasteiger partial charge in [-0.3, -0.25) is 0 Å². The largest absolute Gasteiger partial charge is 0.382 e. The first-order valence-electron chi connectivity index (χ1n) is 8.16. The molecular weight excluding hydrogens is 238 g/mol. The maximum Gasteiger partial charge on any atom is 0.183 e. The zero-order chi connectivity index (χ0) is 14.4. The van der Waals surface area contributed by atoms with Gasteiger partial charge in [0, 0.05) is 7.11 Å². The van der Waals surface area contributed by atoms with E-state index in [1.165, 1.54) is 58.2 Å². The van der Waals surface area contributed by atoms with E-state index in [4.69, 9.17) is 9.47 Å². The molecule has 0 spiro atoms. The van der Waals surface area contributed by atoms with Crippen LogP contribution in [0.5, 0.6) is 0 Å². The van der Waals surface area contributed by atoms with Crippen LogP contribution in [0.25, 0.3) is 0 Å². The molecule has 3 nitrogen and oxygen atoms in total. The van der Waals surface area contributed by atoms with Gasteiger partial charge in [-0.05, 0) is 19.3 Å². The number of rotatable bonds is 14. The van der Waals surface area contributed by atoms with Gasteiger partial charge < -0.3 is 14.0 Å². The van der Waals surface area contributed by atoms with Crippen LogP contribution in [-0.4, -0.2) is 51.2 Å². The quantitative estimate of drug-likeness (QED) is 0.272. The zero-order valence-electron chi connectivity index (χ0n) is 13.7. The molecule has 0 saturated heterocycles. The van der Waals surface area contributed by atoms with Crippen molar-refractivity contribution in [3.05, 3.63) is 0 Å². The highest BCUT2D eigenvalue weighted by molar-refractivity contribution is 4.46. The summed E-state index contributed by atoms with van der Waals surface area (Å²) in [5.41, 5.74) is 0. The van der Waals surface area contributed by atoms with Gasteiger partial charge in [-0.15, -0.1) is 0 Å². The predicted molar refractivity (Wildman–Crippen MR) is 82.3 cm³/mol. The summed E-state index contributed by atoms with van der Waals surface area (Å²) in [6.45, 7) is 12.9. The van der Waals surface area contributed by atoms with Crippen molar-refractivity contribution in [2.24, 2.45) is 0 Å². The van der Waals surface area contributed by atoms with Crippen LogP contribution < -0.4 is 0 Å². The smallest absolute Gasteiger partial charge is 0.183 e. The molecule has 0 fully saturated rings. The van der Waals surface area contributed by atoms with Crippen LogP contribution in [0.2, 0.25) is 0 Å². The number of methoxy groups -OCH3 is 1. The summed E-state index contributed by atoms with van der Waals surface area (Å²) in [6, 6.07) is 0. The van der Waals surface area contributed by atoms with Gasteiger partial charge in [0.25, 0.3) is 0 Å². The summed E-state index contributed by atoms with van der Waals surface area (Å²) in [7, 11) is 1.73.